The van der Waals surface area contributed by atoms with Crippen molar-refractivity contribution in [2.75, 3.05) is 23.4 Å². The van der Waals surface area contributed by atoms with Crippen molar-refractivity contribution in [1.82, 2.24) is 0 Å². The zero-order valence-electron chi connectivity index (χ0n) is 16.2. The number of aliphatic hydroxyl groups is 1. The Bertz CT molecular complexity index is 1200. The standard InChI is InChI=1S/C22H19N3O5/c1-13-6-2-3-9-17(13)24-21(27)15-8-4-7-14-19(15)16(22(24)28)12-18(25(29)30)20(14)23-10-5-11-26/h2-4,6-9,12,23,26H,5,10-11H2,1H3. The number of amides is 2. The Morgan fingerprint density at radius 2 is 1.80 bits per heavy atom. The Labute approximate surface area is 171 Å². The Kier molecular flexibility index (Phi) is 4.93. The monoisotopic (exact) mass is 405 g/mol. The van der Waals surface area contributed by atoms with E-state index >= 15 is 0 Å². The summed E-state index contributed by atoms with van der Waals surface area (Å²) in [6, 6.07) is 13.2. The highest BCUT2D eigenvalue weighted by atomic mass is 16.6. The number of nitro benzene ring substituents is 1. The molecule has 0 radical (unpaired) electrons. The van der Waals surface area contributed by atoms with Gasteiger partial charge < -0.3 is 10.4 Å². The average Bonchev–Trinajstić information content (AvgIpc) is 2.73. The number of imide groups is 1. The summed E-state index contributed by atoms with van der Waals surface area (Å²) in [5, 5.41) is 24.6. The molecule has 2 N–H and O–H groups in total. The van der Waals surface area contributed by atoms with Gasteiger partial charge in [0.2, 0.25) is 0 Å². The van der Waals surface area contributed by atoms with E-state index in [1.807, 2.05) is 6.07 Å². The largest absolute Gasteiger partial charge is 0.396 e. The predicted octanol–water partition coefficient (Wildman–Crippen LogP) is 3.65. The highest BCUT2D eigenvalue weighted by molar-refractivity contribution is 6.37. The van der Waals surface area contributed by atoms with Crippen LogP contribution in [0.15, 0.2) is 48.5 Å². The topological polar surface area (TPSA) is 113 Å². The van der Waals surface area contributed by atoms with Crippen LogP contribution in [0.4, 0.5) is 17.1 Å². The Balaban J connectivity index is 1.97. The zero-order chi connectivity index (χ0) is 21.4. The van der Waals surface area contributed by atoms with Crippen molar-refractivity contribution in [3.8, 4) is 0 Å². The van der Waals surface area contributed by atoms with Crippen molar-refractivity contribution in [3.63, 3.8) is 0 Å². The highest BCUT2D eigenvalue weighted by Crippen LogP contribution is 2.41. The van der Waals surface area contributed by atoms with Gasteiger partial charge >= 0.3 is 0 Å². The lowest BCUT2D eigenvalue weighted by molar-refractivity contribution is -0.383. The lowest BCUT2D eigenvalue weighted by Gasteiger charge is -2.28. The fourth-order valence-corrected chi connectivity index (χ4v) is 3.81. The summed E-state index contributed by atoms with van der Waals surface area (Å²) in [7, 11) is 0. The minimum Gasteiger partial charge on any atom is -0.396 e. The maximum Gasteiger partial charge on any atom is 0.293 e. The number of aryl methyl sites for hydroxylation is 1. The maximum atomic E-state index is 13.3. The minimum absolute atomic E-state index is 0.0651. The van der Waals surface area contributed by atoms with Crippen LogP contribution in [0.3, 0.4) is 0 Å². The fraction of sp³-hybridized carbons (Fsp3) is 0.182. The summed E-state index contributed by atoms with van der Waals surface area (Å²) >= 11 is 0. The van der Waals surface area contributed by atoms with Gasteiger partial charge in [0.15, 0.2) is 0 Å². The first kappa shape index (κ1) is 19.5. The predicted molar refractivity (Wildman–Crippen MR) is 113 cm³/mol. The van der Waals surface area contributed by atoms with Gasteiger partial charge in [0.1, 0.15) is 5.69 Å². The summed E-state index contributed by atoms with van der Waals surface area (Å²) in [6.07, 6.45) is 0.402. The van der Waals surface area contributed by atoms with E-state index in [9.17, 15) is 19.7 Å². The molecule has 0 aromatic heterocycles. The number of rotatable bonds is 6. The molecule has 0 unspecified atom stereocenters. The molecule has 8 heteroatoms. The third-order valence-corrected chi connectivity index (χ3v) is 5.20. The molecule has 8 nitrogen and oxygen atoms in total. The summed E-state index contributed by atoms with van der Waals surface area (Å²) in [6.45, 7) is 2.04. The van der Waals surface area contributed by atoms with Gasteiger partial charge in [-0.2, -0.15) is 0 Å². The van der Waals surface area contributed by atoms with E-state index < -0.39 is 16.7 Å². The van der Waals surface area contributed by atoms with Gasteiger partial charge in [-0.05, 0) is 31.0 Å². The summed E-state index contributed by atoms with van der Waals surface area (Å²) < 4.78 is 0. The molecule has 1 aliphatic rings. The molecule has 0 spiro atoms. The Hall–Kier alpha value is -3.78. The second-order valence-corrected chi connectivity index (χ2v) is 7.04. The van der Waals surface area contributed by atoms with E-state index in [0.717, 1.165) is 10.5 Å². The van der Waals surface area contributed by atoms with Crippen molar-refractivity contribution in [3.05, 3.63) is 75.3 Å². The fourth-order valence-electron chi connectivity index (χ4n) is 3.81. The van der Waals surface area contributed by atoms with Crippen LogP contribution in [0.25, 0.3) is 10.8 Å². The van der Waals surface area contributed by atoms with Crippen LogP contribution in [0.2, 0.25) is 0 Å². The average molecular weight is 405 g/mol. The molecule has 30 heavy (non-hydrogen) atoms. The minimum atomic E-state index is -0.594. The van der Waals surface area contributed by atoms with Gasteiger partial charge in [-0.15, -0.1) is 0 Å². The third kappa shape index (κ3) is 2.98. The van der Waals surface area contributed by atoms with Crippen LogP contribution in [0, 0.1) is 17.0 Å². The van der Waals surface area contributed by atoms with Gasteiger partial charge in [-0.1, -0.05) is 30.3 Å². The van der Waals surface area contributed by atoms with Crippen molar-refractivity contribution in [1.29, 1.82) is 0 Å². The molecule has 0 bridgehead atoms. The van der Waals surface area contributed by atoms with E-state index in [4.69, 9.17) is 5.11 Å². The van der Waals surface area contributed by atoms with Gasteiger partial charge in [-0.3, -0.25) is 19.7 Å². The van der Waals surface area contributed by atoms with E-state index in [-0.39, 0.29) is 23.5 Å². The number of carbonyl (C=O) groups excluding carboxylic acids is 2. The summed E-state index contributed by atoms with van der Waals surface area (Å²) in [5.74, 6) is -1.06. The van der Waals surface area contributed by atoms with Crippen molar-refractivity contribution >= 4 is 39.6 Å². The van der Waals surface area contributed by atoms with Gasteiger partial charge in [0, 0.05) is 35.6 Å². The number of nitrogens with one attached hydrogen (secondary N) is 1. The Morgan fingerprint density at radius 3 is 2.50 bits per heavy atom. The zero-order valence-corrected chi connectivity index (χ0v) is 16.2. The van der Waals surface area contributed by atoms with Gasteiger partial charge in [0.05, 0.1) is 16.2 Å². The van der Waals surface area contributed by atoms with Crippen LogP contribution in [0.1, 0.15) is 32.7 Å². The molecule has 0 saturated heterocycles. The van der Waals surface area contributed by atoms with Crippen LogP contribution in [-0.4, -0.2) is 35.0 Å². The van der Waals surface area contributed by atoms with Crippen LogP contribution < -0.4 is 10.2 Å². The molecule has 152 valence electrons. The second-order valence-electron chi connectivity index (χ2n) is 7.04. The first-order valence-corrected chi connectivity index (χ1v) is 9.49. The number of anilines is 2. The molecule has 3 aromatic carbocycles. The number of hydrogen-bond donors (Lipinski definition) is 2. The number of benzene rings is 3. The molecule has 2 amide bonds. The molecule has 1 aliphatic heterocycles. The Morgan fingerprint density at radius 1 is 1.07 bits per heavy atom. The lowest BCUT2D eigenvalue weighted by atomic mass is 9.91. The van der Waals surface area contributed by atoms with Crippen LogP contribution in [-0.2, 0) is 0 Å². The molecule has 1 heterocycles. The van der Waals surface area contributed by atoms with Gasteiger partial charge in [-0.25, -0.2) is 4.90 Å². The van der Waals surface area contributed by atoms with E-state index in [1.54, 1.807) is 43.3 Å². The van der Waals surface area contributed by atoms with Crippen molar-refractivity contribution in [2.45, 2.75) is 13.3 Å². The molecule has 0 aliphatic carbocycles. The summed E-state index contributed by atoms with van der Waals surface area (Å²) in [4.78, 5) is 38.9. The molecular formula is C22H19N3O5. The number of carbonyl (C=O) groups is 2. The van der Waals surface area contributed by atoms with E-state index in [1.165, 1.54) is 6.07 Å². The molecule has 3 aromatic rings. The van der Waals surface area contributed by atoms with Crippen molar-refractivity contribution < 1.29 is 19.6 Å². The SMILES string of the molecule is Cc1ccccc1N1C(=O)c2cccc3c(NCCCO)c([N+](=O)[O-])cc(c23)C1=O. The lowest BCUT2D eigenvalue weighted by Crippen LogP contribution is -2.41. The maximum absolute atomic E-state index is 13.3. The molecule has 4 rings (SSSR count). The summed E-state index contributed by atoms with van der Waals surface area (Å²) in [5.41, 5.74) is 1.60. The third-order valence-electron chi connectivity index (χ3n) is 5.20. The second kappa shape index (κ2) is 7.57. The first-order valence-electron chi connectivity index (χ1n) is 9.49. The molecule has 0 saturated carbocycles. The number of nitrogens with zero attached hydrogens (tertiary/aromatic N) is 2. The van der Waals surface area contributed by atoms with Crippen molar-refractivity contribution in [2.24, 2.45) is 0 Å². The molecule has 0 fully saturated rings. The van der Waals surface area contributed by atoms with Crippen LogP contribution in [0.5, 0.6) is 0 Å². The number of aliphatic hydroxyl groups excluding tert-OH is 1. The number of nitro groups is 1. The molecule has 0 atom stereocenters. The first-order chi connectivity index (χ1) is 14.5. The number of hydrogen-bond acceptors (Lipinski definition) is 6. The normalized spacial score (nSPS) is 13.1. The molecular weight excluding hydrogens is 386 g/mol. The van der Waals surface area contributed by atoms with Crippen LogP contribution >= 0.6 is 0 Å². The number of para-hydroxylation sites is 1. The van der Waals surface area contributed by atoms with Gasteiger partial charge in [0.25, 0.3) is 17.5 Å². The van der Waals surface area contributed by atoms with E-state index in [0.29, 0.717) is 35.0 Å². The van der Waals surface area contributed by atoms with E-state index in [2.05, 4.69) is 5.32 Å². The highest BCUT2D eigenvalue weighted by Gasteiger charge is 2.37. The smallest absolute Gasteiger partial charge is 0.293 e. The quantitative estimate of drug-likeness (QED) is 0.280.